The van der Waals surface area contributed by atoms with E-state index in [1.807, 2.05) is 17.1 Å². The monoisotopic (exact) mass is 235 g/mol. The molecule has 1 amide bonds. The second kappa shape index (κ2) is 3.86. The molecule has 2 bridgehead atoms. The van der Waals surface area contributed by atoms with E-state index in [2.05, 4.69) is 0 Å². The van der Waals surface area contributed by atoms with Crippen LogP contribution >= 0.6 is 0 Å². The Kier molecular flexibility index (Phi) is 2.45. The number of carbonyl (C=O) groups is 2. The minimum Gasteiger partial charge on any atom is -0.481 e. The first-order valence-corrected chi connectivity index (χ1v) is 6.38. The minimum atomic E-state index is -0.806. The van der Waals surface area contributed by atoms with Crippen molar-refractivity contribution in [1.82, 2.24) is 4.90 Å². The van der Waals surface area contributed by atoms with E-state index in [4.69, 9.17) is 0 Å². The van der Waals surface area contributed by atoms with Gasteiger partial charge in [-0.25, -0.2) is 0 Å². The van der Waals surface area contributed by atoms with Gasteiger partial charge in [-0.15, -0.1) is 0 Å². The Labute approximate surface area is 100 Å². The van der Waals surface area contributed by atoms with Gasteiger partial charge < -0.3 is 10.0 Å². The van der Waals surface area contributed by atoms with Gasteiger partial charge in [0.15, 0.2) is 0 Å². The Morgan fingerprint density at radius 1 is 1.06 bits per heavy atom. The highest BCUT2D eigenvalue weighted by Crippen LogP contribution is 2.48. The molecule has 2 fully saturated rings. The summed E-state index contributed by atoms with van der Waals surface area (Å²) in [6, 6.07) is 0. The van der Waals surface area contributed by atoms with Crippen LogP contribution in [0.3, 0.4) is 0 Å². The molecule has 0 aromatic heterocycles. The molecule has 4 nitrogen and oxygen atoms in total. The number of nitrogens with zero attached hydrogens (tertiary/aromatic N) is 1. The number of carboxylic acids is 1. The standard InChI is InChI=1S/C13H17NO3/c15-12(14-5-1-2-6-14)10-8-3-4-9(7-8)11(10)13(16)17/h3-4,8-11H,1-2,5-7H2,(H,16,17)/t8-,9+,10+,11+/m0/s1. The third-order valence-corrected chi connectivity index (χ3v) is 4.45. The van der Waals surface area contributed by atoms with Crippen molar-refractivity contribution in [3.05, 3.63) is 12.2 Å². The van der Waals surface area contributed by atoms with Gasteiger partial charge >= 0.3 is 5.97 Å². The summed E-state index contributed by atoms with van der Waals surface area (Å²) in [6.07, 6.45) is 6.99. The zero-order valence-corrected chi connectivity index (χ0v) is 9.71. The summed E-state index contributed by atoms with van der Waals surface area (Å²) in [5.41, 5.74) is 0. The van der Waals surface area contributed by atoms with Crippen molar-refractivity contribution < 1.29 is 14.7 Å². The van der Waals surface area contributed by atoms with E-state index < -0.39 is 11.9 Å². The van der Waals surface area contributed by atoms with Crippen LogP contribution in [0.2, 0.25) is 0 Å². The molecule has 0 aromatic rings. The summed E-state index contributed by atoms with van der Waals surface area (Å²) in [5.74, 6) is -1.28. The van der Waals surface area contributed by atoms with Crippen LogP contribution in [0, 0.1) is 23.7 Å². The molecule has 1 aliphatic heterocycles. The average Bonchev–Trinajstić information content (AvgIpc) is 3.02. The van der Waals surface area contributed by atoms with Gasteiger partial charge in [-0.2, -0.15) is 0 Å². The Bertz CT molecular complexity index is 384. The summed E-state index contributed by atoms with van der Waals surface area (Å²) in [5, 5.41) is 9.29. The minimum absolute atomic E-state index is 0.0757. The topological polar surface area (TPSA) is 57.6 Å². The van der Waals surface area contributed by atoms with Gasteiger partial charge in [0.1, 0.15) is 0 Å². The number of carbonyl (C=O) groups excluding carboxylic acids is 1. The lowest BCUT2D eigenvalue weighted by atomic mass is 9.82. The van der Waals surface area contributed by atoms with Gasteiger partial charge in [0.2, 0.25) is 5.91 Å². The first-order chi connectivity index (χ1) is 8.18. The molecule has 3 rings (SSSR count). The molecule has 0 spiro atoms. The van der Waals surface area contributed by atoms with Crippen molar-refractivity contribution in [2.24, 2.45) is 23.7 Å². The molecule has 1 N–H and O–H groups in total. The van der Waals surface area contributed by atoms with Crippen molar-refractivity contribution in [3.63, 3.8) is 0 Å². The predicted molar refractivity (Wildman–Crippen MR) is 61.2 cm³/mol. The van der Waals surface area contributed by atoms with Crippen LogP contribution in [0.25, 0.3) is 0 Å². The molecule has 0 radical (unpaired) electrons. The second-order valence-electron chi connectivity index (χ2n) is 5.37. The third-order valence-electron chi connectivity index (χ3n) is 4.45. The molecule has 4 heteroatoms. The molecule has 0 aromatic carbocycles. The lowest BCUT2D eigenvalue weighted by Gasteiger charge is -2.28. The van der Waals surface area contributed by atoms with E-state index in [1.165, 1.54) is 0 Å². The van der Waals surface area contributed by atoms with E-state index in [1.54, 1.807) is 0 Å². The van der Waals surface area contributed by atoms with E-state index in [-0.39, 0.29) is 23.7 Å². The van der Waals surface area contributed by atoms with Crippen LogP contribution in [0.15, 0.2) is 12.2 Å². The maximum atomic E-state index is 12.4. The van der Waals surface area contributed by atoms with E-state index in [0.29, 0.717) is 0 Å². The number of fused-ring (bicyclic) bond motifs is 2. The fraction of sp³-hybridized carbons (Fsp3) is 0.692. The normalized spacial score (nSPS) is 38.9. The van der Waals surface area contributed by atoms with Gasteiger partial charge in [0, 0.05) is 13.1 Å². The van der Waals surface area contributed by atoms with Crippen molar-refractivity contribution in [1.29, 1.82) is 0 Å². The highest BCUT2D eigenvalue weighted by Gasteiger charge is 2.52. The van der Waals surface area contributed by atoms with Crippen LogP contribution in [0.1, 0.15) is 19.3 Å². The first-order valence-electron chi connectivity index (χ1n) is 6.38. The van der Waals surface area contributed by atoms with Gasteiger partial charge in [0.05, 0.1) is 11.8 Å². The summed E-state index contributed by atoms with van der Waals surface area (Å²) >= 11 is 0. The molecule has 17 heavy (non-hydrogen) atoms. The molecule has 1 saturated heterocycles. The van der Waals surface area contributed by atoms with E-state index in [0.717, 1.165) is 32.4 Å². The number of amides is 1. The highest BCUT2D eigenvalue weighted by molar-refractivity contribution is 5.87. The molecular weight excluding hydrogens is 218 g/mol. The molecule has 0 unspecified atom stereocenters. The fourth-order valence-electron chi connectivity index (χ4n) is 3.64. The maximum absolute atomic E-state index is 12.4. The average molecular weight is 235 g/mol. The number of hydrogen-bond donors (Lipinski definition) is 1. The van der Waals surface area contributed by atoms with Gasteiger partial charge in [0.25, 0.3) is 0 Å². The molecule has 4 atom stereocenters. The summed E-state index contributed by atoms with van der Waals surface area (Å²) in [4.78, 5) is 25.6. The van der Waals surface area contributed by atoms with Gasteiger partial charge in [-0.1, -0.05) is 12.2 Å². The third kappa shape index (κ3) is 1.58. The Balaban J connectivity index is 1.83. The Hall–Kier alpha value is -1.32. The smallest absolute Gasteiger partial charge is 0.307 e. The second-order valence-corrected chi connectivity index (χ2v) is 5.37. The summed E-state index contributed by atoms with van der Waals surface area (Å²) in [7, 11) is 0. The SMILES string of the molecule is O=C(O)[C@H]1[C@H](C(=O)N2CCCC2)[C@H]2C=C[C@@H]1C2. The van der Waals surface area contributed by atoms with Crippen LogP contribution in [-0.2, 0) is 9.59 Å². The quantitative estimate of drug-likeness (QED) is 0.730. The number of aliphatic carboxylic acids is 1. The first kappa shape index (κ1) is 10.8. The molecule has 1 saturated carbocycles. The van der Waals surface area contributed by atoms with Crippen molar-refractivity contribution in [2.75, 3.05) is 13.1 Å². The predicted octanol–water partition coefficient (Wildman–Crippen LogP) is 1.13. The van der Waals surface area contributed by atoms with E-state index >= 15 is 0 Å². The van der Waals surface area contributed by atoms with Crippen LogP contribution < -0.4 is 0 Å². The molecule has 3 aliphatic rings. The Morgan fingerprint density at radius 3 is 2.24 bits per heavy atom. The highest BCUT2D eigenvalue weighted by atomic mass is 16.4. The lowest BCUT2D eigenvalue weighted by Crippen LogP contribution is -2.41. The number of likely N-dealkylation sites (tertiary alicyclic amines) is 1. The fourth-order valence-corrected chi connectivity index (χ4v) is 3.64. The molecular formula is C13H17NO3. The van der Waals surface area contributed by atoms with Gasteiger partial charge in [-0.05, 0) is 31.1 Å². The number of rotatable bonds is 2. The van der Waals surface area contributed by atoms with Crippen LogP contribution in [0.5, 0.6) is 0 Å². The summed E-state index contributed by atoms with van der Waals surface area (Å²) in [6.45, 7) is 1.62. The number of hydrogen-bond acceptors (Lipinski definition) is 2. The lowest BCUT2D eigenvalue weighted by molar-refractivity contribution is -0.150. The molecule has 92 valence electrons. The van der Waals surface area contributed by atoms with Crippen molar-refractivity contribution >= 4 is 11.9 Å². The van der Waals surface area contributed by atoms with Crippen molar-refractivity contribution in [2.45, 2.75) is 19.3 Å². The van der Waals surface area contributed by atoms with E-state index in [9.17, 15) is 14.7 Å². The van der Waals surface area contributed by atoms with Crippen LogP contribution in [0.4, 0.5) is 0 Å². The zero-order valence-electron chi connectivity index (χ0n) is 9.71. The number of allylic oxidation sites excluding steroid dienone is 2. The zero-order chi connectivity index (χ0) is 12.0. The Morgan fingerprint density at radius 2 is 1.65 bits per heavy atom. The van der Waals surface area contributed by atoms with Crippen LogP contribution in [-0.4, -0.2) is 35.0 Å². The number of carboxylic acid groups (broad SMARTS) is 1. The van der Waals surface area contributed by atoms with Crippen molar-refractivity contribution in [3.8, 4) is 0 Å². The summed E-state index contributed by atoms with van der Waals surface area (Å²) < 4.78 is 0. The van der Waals surface area contributed by atoms with Gasteiger partial charge in [-0.3, -0.25) is 9.59 Å². The molecule has 2 aliphatic carbocycles. The molecule has 1 heterocycles. The largest absolute Gasteiger partial charge is 0.481 e. The maximum Gasteiger partial charge on any atom is 0.307 e.